The summed E-state index contributed by atoms with van der Waals surface area (Å²) < 4.78 is 32.0. The molecule has 5 rings (SSSR count). The summed E-state index contributed by atoms with van der Waals surface area (Å²) in [5, 5.41) is 12.6. The molecule has 2 aromatic heterocycles. The molecule has 1 amide bonds. The predicted octanol–water partition coefficient (Wildman–Crippen LogP) is 5.33. The number of imidazole rings is 1. The Kier molecular flexibility index (Phi) is 7.77. The van der Waals surface area contributed by atoms with Gasteiger partial charge in [0, 0.05) is 24.0 Å². The molecule has 0 bridgehead atoms. The number of carbonyl (C=O) groups is 1. The van der Waals surface area contributed by atoms with Gasteiger partial charge in [0.15, 0.2) is 0 Å². The summed E-state index contributed by atoms with van der Waals surface area (Å²) >= 11 is 1.34. The number of aromatic nitrogens is 2. The molecule has 8 nitrogen and oxygen atoms in total. The van der Waals surface area contributed by atoms with Crippen LogP contribution in [0.15, 0.2) is 109 Å². The second kappa shape index (κ2) is 11.6. The fraction of sp³-hybridized carbons (Fsp3) is 0.100. The first-order chi connectivity index (χ1) is 19.4. The molecule has 5 aromatic rings. The molecule has 0 aliphatic rings. The molecule has 0 saturated carbocycles. The summed E-state index contributed by atoms with van der Waals surface area (Å²) in [6.45, 7) is 4.48. The van der Waals surface area contributed by atoms with Crippen LogP contribution in [0.3, 0.4) is 0 Å². The molecule has 2 heterocycles. The first-order valence-corrected chi connectivity index (χ1v) is 14.6. The van der Waals surface area contributed by atoms with Gasteiger partial charge in [-0.1, -0.05) is 36.4 Å². The minimum atomic E-state index is -3.95. The number of carbonyl (C=O) groups excluding carboxylic acids is 1. The molecule has 0 aliphatic heterocycles. The average molecular weight is 568 g/mol. The number of hydrogen-bond acceptors (Lipinski definition) is 6. The number of thiophene rings is 1. The fourth-order valence-corrected chi connectivity index (χ4v) is 6.64. The van der Waals surface area contributed by atoms with Gasteiger partial charge in [-0.25, -0.2) is 13.4 Å². The van der Waals surface area contributed by atoms with Crippen molar-refractivity contribution in [1.82, 2.24) is 14.9 Å². The van der Waals surface area contributed by atoms with Crippen molar-refractivity contribution in [2.24, 2.45) is 0 Å². The predicted molar refractivity (Wildman–Crippen MR) is 157 cm³/mol. The third-order valence-corrected chi connectivity index (χ3v) is 9.19. The van der Waals surface area contributed by atoms with Gasteiger partial charge in [-0.05, 0) is 59.5 Å². The summed E-state index contributed by atoms with van der Waals surface area (Å²) in [5.41, 5.74) is 2.69. The minimum absolute atomic E-state index is 0.0375. The molecule has 0 aliphatic carbocycles. The van der Waals surface area contributed by atoms with Gasteiger partial charge < -0.3 is 9.88 Å². The molecule has 0 atom stereocenters. The van der Waals surface area contributed by atoms with Gasteiger partial charge in [0.05, 0.1) is 45.7 Å². The number of nitrogens with zero attached hydrogens (tertiary/aromatic N) is 4. The minimum Gasteiger partial charge on any atom is -0.348 e. The lowest BCUT2D eigenvalue weighted by molar-refractivity contribution is 0.0962. The first-order valence-electron chi connectivity index (χ1n) is 12.4. The topological polar surface area (TPSA) is 108 Å². The normalized spacial score (nSPS) is 11.2. The van der Waals surface area contributed by atoms with Gasteiger partial charge in [-0.3, -0.25) is 9.10 Å². The quantitative estimate of drug-likeness (QED) is 0.230. The Morgan fingerprint density at radius 1 is 1.10 bits per heavy atom. The van der Waals surface area contributed by atoms with Crippen LogP contribution in [0.1, 0.15) is 26.5 Å². The molecule has 40 heavy (non-hydrogen) atoms. The van der Waals surface area contributed by atoms with Crippen LogP contribution in [-0.4, -0.2) is 30.4 Å². The highest BCUT2D eigenvalue weighted by atomic mass is 32.2. The van der Waals surface area contributed by atoms with E-state index in [4.69, 9.17) is 5.26 Å². The number of nitrogens with one attached hydrogen (secondary N) is 1. The van der Waals surface area contributed by atoms with Crippen molar-refractivity contribution in [3.8, 4) is 6.07 Å². The number of anilines is 1. The molecule has 200 valence electrons. The monoisotopic (exact) mass is 567 g/mol. The van der Waals surface area contributed by atoms with Gasteiger partial charge in [0.25, 0.3) is 15.9 Å². The Morgan fingerprint density at radius 2 is 1.88 bits per heavy atom. The van der Waals surface area contributed by atoms with Gasteiger partial charge in [0.2, 0.25) is 0 Å². The van der Waals surface area contributed by atoms with Crippen molar-refractivity contribution in [3.05, 3.63) is 126 Å². The summed E-state index contributed by atoms with van der Waals surface area (Å²) in [5.74, 6) is -0.205. The smallest absolute Gasteiger partial charge is 0.264 e. The number of rotatable bonds is 10. The fourth-order valence-electron chi connectivity index (χ4n) is 4.24. The van der Waals surface area contributed by atoms with Crippen molar-refractivity contribution in [2.45, 2.75) is 18.0 Å². The summed E-state index contributed by atoms with van der Waals surface area (Å²) in [6, 6.07) is 24.8. The van der Waals surface area contributed by atoms with Gasteiger partial charge in [0.1, 0.15) is 0 Å². The number of amides is 1. The van der Waals surface area contributed by atoms with Crippen molar-refractivity contribution >= 4 is 43.0 Å². The molecular formula is C30H25N5O3S2. The average Bonchev–Trinajstić information content (AvgIpc) is 3.61. The van der Waals surface area contributed by atoms with Crippen LogP contribution in [0.2, 0.25) is 0 Å². The summed E-state index contributed by atoms with van der Waals surface area (Å²) in [7, 11) is -3.95. The maximum atomic E-state index is 14.0. The van der Waals surface area contributed by atoms with E-state index in [1.54, 1.807) is 79.3 Å². The van der Waals surface area contributed by atoms with Crippen molar-refractivity contribution < 1.29 is 13.2 Å². The third-order valence-electron chi connectivity index (χ3n) is 6.29. The zero-order chi connectivity index (χ0) is 28.1. The Labute approximate surface area is 236 Å². The second-order valence-electron chi connectivity index (χ2n) is 8.98. The SMILES string of the molecule is C=CCNC(=O)c1cc2cc(N(Cc3cncn3Cc3ccc(C#N)cc3)S(=O)(=O)c3ccccc3)ccc2s1. The highest BCUT2D eigenvalue weighted by Crippen LogP contribution is 2.33. The van der Waals surface area contributed by atoms with E-state index in [0.29, 0.717) is 34.9 Å². The lowest BCUT2D eigenvalue weighted by Gasteiger charge is -2.25. The molecule has 0 radical (unpaired) electrons. The van der Waals surface area contributed by atoms with E-state index in [2.05, 4.69) is 22.9 Å². The lowest BCUT2D eigenvalue weighted by Crippen LogP contribution is -2.31. The highest BCUT2D eigenvalue weighted by molar-refractivity contribution is 7.92. The summed E-state index contributed by atoms with van der Waals surface area (Å²) in [6.07, 6.45) is 4.93. The van der Waals surface area contributed by atoms with Crippen LogP contribution in [0.25, 0.3) is 10.1 Å². The zero-order valence-corrected chi connectivity index (χ0v) is 23.0. The van der Waals surface area contributed by atoms with E-state index >= 15 is 0 Å². The van der Waals surface area contributed by atoms with Crippen LogP contribution in [0, 0.1) is 11.3 Å². The molecule has 0 fully saturated rings. The van der Waals surface area contributed by atoms with Gasteiger partial charge in [-0.15, -0.1) is 17.9 Å². The Bertz CT molecular complexity index is 1820. The van der Waals surface area contributed by atoms with E-state index in [1.807, 2.05) is 22.8 Å². The number of benzene rings is 3. The summed E-state index contributed by atoms with van der Waals surface area (Å²) in [4.78, 5) is 17.5. The molecule has 10 heteroatoms. The largest absolute Gasteiger partial charge is 0.348 e. The van der Waals surface area contributed by atoms with E-state index in [0.717, 1.165) is 15.6 Å². The van der Waals surface area contributed by atoms with Crippen LogP contribution in [0.4, 0.5) is 5.69 Å². The van der Waals surface area contributed by atoms with Gasteiger partial charge >= 0.3 is 0 Å². The van der Waals surface area contributed by atoms with Crippen molar-refractivity contribution in [2.75, 3.05) is 10.8 Å². The number of sulfonamides is 1. The molecule has 1 N–H and O–H groups in total. The number of nitriles is 1. The van der Waals surface area contributed by atoms with Gasteiger partial charge in [-0.2, -0.15) is 5.26 Å². The first kappa shape index (κ1) is 26.9. The van der Waals surface area contributed by atoms with Crippen molar-refractivity contribution in [1.29, 1.82) is 5.26 Å². The van der Waals surface area contributed by atoms with Crippen LogP contribution in [-0.2, 0) is 23.1 Å². The highest BCUT2D eigenvalue weighted by Gasteiger charge is 2.27. The van der Waals surface area contributed by atoms with E-state index in [9.17, 15) is 13.2 Å². The van der Waals surface area contributed by atoms with E-state index < -0.39 is 10.0 Å². The second-order valence-corrected chi connectivity index (χ2v) is 11.9. The van der Waals surface area contributed by atoms with Crippen molar-refractivity contribution in [3.63, 3.8) is 0 Å². The third kappa shape index (κ3) is 5.66. The maximum absolute atomic E-state index is 14.0. The standard InChI is InChI=1S/C30H25N5O3S2/c1-2-14-33-30(36)29-16-24-15-25(12-13-28(24)39-29)35(40(37,38)27-6-4-3-5-7-27)20-26-18-32-21-34(26)19-23-10-8-22(17-31)9-11-23/h2-13,15-16,18,21H,1,14,19-20H2,(H,33,36). The zero-order valence-electron chi connectivity index (χ0n) is 21.4. The molecular weight excluding hydrogens is 542 g/mol. The molecule has 0 saturated heterocycles. The maximum Gasteiger partial charge on any atom is 0.264 e. The number of hydrogen-bond donors (Lipinski definition) is 1. The Balaban J connectivity index is 1.52. The van der Waals surface area contributed by atoms with E-state index in [-0.39, 0.29) is 17.3 Å². The molecule has 0 spiro atoms. The Morgan fingerprint density at radius 3 is 2.60 bits per heavy atom. The van der Waals surface area contributed by atoms with Crippen LogP contribution < -0.4 is 9.62 Å². The van der Waals surface area contributed by atoms with E-state index in [1.165, 1.54) is 15.6 Å². The lowest BCUT2D eigenvalue weighted by atomic mass is 10.1. The number of fused-ring (bicyclic) bond motifs is 1. The van der Waals surface area contributed by atoms with Crippen LogP contribution >= 0.6 is 11.3 Å². The molecule has 0 unspecified atom stereocenters. The molecule has 3 aromatic carbocycles. The Hall–Kier alpha value is -4.72. The van der Waals surface area contributed by atoms with Crippen LogP contribution in [0.5, 0.6) is 0 Å².